The molecule has 2 rings (SSSR count). The lowest BCUT2D eigenvalue weighted by Crippen LogP contribution is -2.26. The molecule has 0 amide bonds. The van der Waals surface area contributed by atoms with Gasteiger partial charge in [0.25, 0.3) is 5.78 Å². The summed E-state index contributed by atoms with van der Waals surface area (Å²) in [5.41, 5.74) is 0.648. The Bertz CT molecular complexity index is 709. The number of ketones is 1. The molecule has 0 N–H and O–H groups in total. The van der Waals surface area contributed by atoms with Crippen LogP contribution in [0.1, 0.15) is 25.3 Å². The van der Waals surface area contributed by atoms with Crippen molar-refractivity contribution in [3.63, 3.8) is 0 Å². The van der Waals surface area contributed by atoms with Gasteiger partial charge in [0.15, 0.2) is 0 Å². The van der Waals surface area contributed by atoms with Crippen molar-refractivity contribution in [3.05, 3.63) is 72.4 Å². The lowest BCUT2D eigenvalue weighted by atomic mass is 10.0. The highest BCUT2D eigenvalue weighted by Gasteiger charge is 2.41. The van der Waals surface area contributed by atoms with Crippen LogP contribution in [0.4, 0.5) is 18.9 Å². The Morgan fingerprint density at radius 3 is 2.08 bits per heavy atom. The topological polar surface area (TPSA) is 20.3 Å². The number of Topliss-reactive ketones (excluding diaryl/α,β-unsaturated/α-hetero) is 1. The molecule has 0 fully saturated rings. The summed E-state index contributed by atoms with van der Waals surface area (Å²) in [7, 11) is 0. The fraction of sp³-hybridized carbons (Fsp3) is 0.250. The van der Waals surface area contributed by atoms with E-state index >= 15 is 0 Å². The largest absolute Gasteiger partial charge is 0.454 e. The van der Waals surface area contributed by atoms with Gasteiger partial charge in [-0.15, -0.1) is 0 Å². The number of alkyl halides is 3. The molecule has 132 valence electrons. The maximum Gasteiger partial charge on any atom is 0.454 e. The Balaban J connectivity index is 2.50. The number of allylic oxidation sites excluding steroid dienone is 1. The van der Waals surface area contributed by atoms with Crippen molar-refractivity contribution in [2.75, 3.05) is 11.4 Å². The van der Waals surface area contributed by atoms with E-state index in [9.17, 15) is 18.0 Å². The quantitative estimate of drug-likeness (QED) is 0.619. The van der Waals surface area contributed by atoms with Gasteiger partial charge in [0.05, 0.1) is 5.57 Å². The number of hydrogen-bond acceptors (Lipinski definition) is 2. The molecule has 0 spiro atoms. The summed E-state index contributed by atoms with van der Waals surface area (Å²) in [5.74, 6) is -1.84. The van der Waals surface area contributed by atoms with Crippen molar-refractivity contribution in [1.82, 2.24) is 0 Å². The van der Waals surface area contributed by atoms with Crippen LogP contribution in [0.2, 0.25) is 0 Å². The number of rotatable bonds is 7. The zero-order valence-electron chi connectivity index (χ0n) is 14.0. The summed E-state index contributed by atoms with van der Waals surface area (Å²) in [6.45, 7) is 2.54. The van der Waals surface area contributed by atoms with Gasteiger partial charge in [0.2, 0.25) is 0 Å². The fourth-order valence-electron chi connectivity index (χ4n) is 2.41. The Hall–Kier alpha value is -2.56. The van der Waals surface area contributed by atoms with E-state index in [-0.39, 0.29) is 11.1 Å². The summed E-state index contributed by atoms with van der Waals surface area (Å²) in [5, 5.41) is 0. The molecule has 0 atom stereocenters. The lowest BCUT2D eigenvalue weighted by molar-refractivity contribution is -0.164. The average molecular weight is 347 g/mol. The number of halogens is 3. The van der Waals surface area contributed by atoms with Gasteiger partial charge in [0, 0.05) is 18.4 Å². The maximum absolute atomic E-state index is 13.1. The van der Waals surface area contributed by atoms with Crippen molar-refractivity contribution < 1.29 is 18.0 Å². The monoisotopic (exact) mass is 347 g/mol. The third-order valence-corrected chi connectivity index (χ3v) is 3.71. The zero-order chi connectivity index (χ0) is 18.3. The molecule has 0 aromatic heterocycles. The molecule has 2 nitrogen and oxygen atoms in total. The van der Waals surface area contributed by atoms with Crippen LogP contribution in [-0.2, 0) is 4.79 Å². The number of carbonyl (C=O) groups is 1. The van der Waals surface area contributed by atoms with Gasteiger partial charge < -0.3 is 4.90 Å². The van der Waals surface area contributed by atoms with Crippen LogP contribution in [0, 0.1) is 0 Å². The van der Waals surface area contributed by atoms with Crippen LogP contribution in [0.25, 0.3) is 5.57 Å². The van der Waals surface area contributed by atoms with E-state index in [4.69, 9.17) is 0 Å². The van der Waals surface area contributed by atoms with E-state index in [1.807, 2.05) is 37.3 Å². The van der Waals surface area contributed by atoms with Gasteiger partial charge in [0.1, 0.15) is 0 Å². The minimum absolute atomic E-state index is 0.252. The van der Waals surface area contributed by atoms with Gasteiger partial charge in [-0.05, 0) is 24.1 Å². The van der Waals surface area contributed by atoms with Crippen LogP contribution < -0.4 is 4.90 Å². The zero-order valence-corrected chi connectivity index (χ0v) is 14.0. The van der Waals surface area contributed by atoms with Gasteiger partial charge >= 0.3 is 6.18 Å². The Morgan fingerprint density at radius 2 is 1.56 bits per heavy atom. The normalized spacial score (nSPS) is 12.1. The van der Waals surface area contributed by atoms with E-state index in [0.29, 0.717) is 6.54 Å². The number of unbranched alkanes of at least 4 members (excludes halogenated alkanes) is 1. The van der Waals surface area contributed by atoms with Crippen molar-refractivity contribution in [2.24, 2.45) is 0 Å². The van der Waals surface area contributed by atoms with E-state index < -0.39 is 12.0 Å². The van der Waals surface area contributed by atoms with Gasteiger partial charge in [-0.2, -0.15) is 13.2 Å². The second-order valence-electron chi connectivity index (χ2n) is 5.62. The summed E-state index contributed by atoms with van der Waals surface area (Å²) in [6.07, 6.45) is -1.91. The van der Waals surface area contributed by atoms with Gasteiger partial charge in [-0.1, -0.05) is 61.9 Å². The molecule has 0 bridgehead atoms. The standard InChI is InChI=1S/C20H20F3NO/c1-2-3-14-24(17-12-8-5-9-13-17)15-18(19(25)20(21,22)23)16-10-6-4-7-11-16/h4-13,15H,2-3,14H2,1H3/b18-15+. The number of para-hydroxylation sites is 1. The van der Waals surface area contributed by atoms with Crippen LogP contribution in [0.15, 0.2) is 66.9 Å². The molecule has 2 aromatic rings. The highest BCUT2D eigenvalue weighted by atomic mass is 19.4. The highest BCUT2D eigenvalue weighted by Crippen LogP contribution is 2.28. The smallest absolute Gasteiger partial charge is 0.347 e. The van der Waals surface area contributed by atoms with E-state index in [1.165, 1.54) is 18.3 Å². The molecule has 0 radical (unpaired) electrons. The molecule has 0 heterocycles. The summed E-state index contributed by atoms with van der Waals surface area (Å²) >= 11 is 0. The summed E-state index contributed by atoms with van der Waals surface area (Å²) < 4.78 is 39.2. The number of anilines is 1. The number of nitrogens with zero attached hydrogens (tertiary/aromatic N) is 1. The molecule has 0 aliphatic heterocycles. The molecule has 0 saturated carbocycles. The predicted molar refractivity (Wildman–Crippen MR) is 94.2 cm³/mol. The minimum Gasteiger partial charge on any atom is -0.347 e. The van der Waals surface area contributed by atoms with E-state index in [0.717, 1.165) is 18.5 Å². The Kier molecular flexibility index (Phi) is 6.39. The minimum atomic E-state index is -4.92. The molecule has 25 heavy (non-hydrogen) atoms. The first-order valence-electron chi connectivity index (χ1n) is 8.14. The second-order valence-corrected chi connectivity index (χ2v) is 5.62. The molecule has 2 aromatic carbocycles. The third kappa shape index (κ3) is 5.21. The molecule has 5 heteroatoms. The van der Waals surface area contributed by atoms with Crippen molar-refractivity contribution >= 4 is 17.0 Å². The van der Waals surface area contributed by atoms with E-state index in [1.54, 1.807) is 23.1 Å². The number of benzene rings is 2. The summed E-state index contributed by atoms with van der Waals surface area (Å²) in [4.78, 5) is 13.7. The fourth-order valence-corrected chi connectivity index (χ4v) is 2.41. The molecular weight excluding hydrogens is 327 g/mol. The molecule has 0 saturated heterocycles. The molecule has 0 unspecified atom stereocenters. The predicted octanol–water partition coefficient (Wildman–Crippen LogP) is 5.47. The SMILES string of the molecule is CCCCN(/C=C(/C(=O)C(F)(F)F)c1ccccc1)c1ccccc1. The molecule has 0 aliphatic carbocycles. The van der Waals surface area contributed by atoms with Crippen LogP contribution >= 0.6 is 0 Å². The first-order chi connectivity index (χ1) is 11.9. The Labute approximate surface area is 145 Å². The first kappa shape index (κ1) is 18.8. The average Bonchev–Trinajstić information content (AvgIpc) is 2.62. The first-order valence-corrected chi connectivity index (χ1v) is 8.14. The van der Waals surface area contributed by atoms with Crippen molar-refractivity contribution in [3.8, 4) is 0 Å². The summed E-state index contributed by atoms with van der Waals surface area (Å²) in [6, 6.07) is 17.1. The maximum atomic E-state index is 13.1. The van der Waals surface area contributed by atoms with Crippen molar-refractivity contribution in [1.29, 1.82) is 0 Å². The second kappa shape index (κ2) is 8.51. The van der Waals surface area contributed by atoms with Gasteiger partial charge in [-0.3, -0.25) is 4.79 Å². The van der Waals surface area contributed by atoms with Crippen LogP contribution in [0.3, 0.4) is 0 Å². The van der Waals surface area contributed by atoms with Crippen LogP contribution in [-0.4, -0.2) is 18.5 Å². The highest BCUT2D eigenvalue weighted by molar-refractivity contribution is 6.23. The number of hydrogen-bond donors (Lipinski definition) is 0. The van der Waals surface area contributed by atoms with Crippen LogP contribution in [0.5, 0.6) is 0 Å². The van der Waals surface area contributed by atoms with E-state index in [2.05, 4.69) is 0 Å². The lowest BCUT2D eigenvalue weighted by Gasteiger charge is -2.22. The molecular formula is C20H20F3NO. The molecule has 0 aliphatic rings. The Morgan fingerprint density at radius 1 is 1.00 bits per heavy atom. The van der Waals surface area contributed by atoms with Crippen molar-refractivity contribution in [2.45, 2.75) is 25.9 Å². The van der Waals surface area contributed by atoms with Gasteiger partial charge in [-0.25, -0.2) is 0 Å². The number of carbonyl (C=O) groups excluding carboxylic acids is 1. The third-order valence-electron chi connectivity index (χ3n) is 3.71.